The highest BCUT2D eigenvalue weighted by molar-refractivity contribution is 6.74. The average Bonchev–Trinajstić information content (AvgIpc) is 2.30. The van der Waals surface area contributed by atoms with E-state index in [2.05, 4.69) is 46.0 Å². The molecule has 0 spiro atoms. The lowest BCUT2D eigenvalue weighted by molar-refractivity contribution is 0.165. The monoisotopic (exact) mass is 226 g/mol. The van der Waals surface area contributed by atoms with Crippen molar-refractivity contribution in [3.05, 3.63) is 12.2 Å². The highest BCUT2D eigenvalue weighted by atomic mass is 28.4. The Balaban J connectivity index is 2.53. The van der Waals surface area contributed by atoms with Crippen molar-refractivity contribution < 1.29 is 4.43 Å². The van der Waals surface area contributed by atoms with Crippen LogP contribution in [0, 0.1) is 0 Å². The van der Waals surface area contributed by atoms with Gasteiger partial charge in [-0.05, 0) is 43.8 Å². The maximum absolute atomic E-state index is 6.42. The van der Waals surface area contributed by atoms with Gasteiger partial charge < -0.3 is 4.43 Å². The van der Waals surface area contributed by atoms with Gasteiger partial charge in [-0.3, -0.25) is 0 Å². The van der Waals surface area contributed by atoms with Crippen LogP contribution in [0.1, 0.15) is 46.5 Å². The van der Waals surface area contributed by atoms with Crippen LogP contribution in [0.5, 0.6) is 0 Å². The molecule has 1 nitrogen and oxygen atoms in total. The van der Waals surface area contributed by atoms with E-state index < -0.39 is 8.32 Å². The largest absolute Gasteiger partial charge is 0.414 e. The number of hydrogen-bond acceptors (Lipinski definition) is 1. The van der Waals surface area contributed by atoms with Crippen LogP contribution in [0.4, 0.5) is 0 Å². The minimum absolute atomic E-state index is 0.340. The van der Waals surface area contributed by atoms with Crippen LogP contribution in [0.15, 0.2) is 12.2 Å². The van der Waals surface area contributed by atoms with Crippen molar-refractivity contribution in [1.82, 2.24) is 0 Å². The molecule has 0 saturated heterocycles. The van der Waals surface area contributed by atoms with Gasteiger partial charge in [-0.25, -0.2) is 0 Å². The van der Waals surface area contributed by atoms with Gasteiger partial charge in [0.05, 0.1) is 0 Å². The minimum Gasteiger partial charge on any atom is -0.414 e. The zero-order chi connectivity index (χ0) is 11.5. The molecule has 0 unspecified atom stereocenters. The highest BCUT2D eigenvalue weighted by Crippen LogP contribution is 2.38. The first-order chi connectivity index (χ1) is 6.83. The molecule has 0 atom stereocenters. The molecule has 0 radical (unpaired) electrons. The van der Waals surface area contributed by atoms with Crippen molar-refractivity contribution in [1.29, 1.82) is 0 Å². The molecule has 0 aromatic carbocycles. The van der Waals surface area contributed by atoms with E-state index in [-0.39, 0.29) is 0 Å². The van der Waals surface area contributed by atoms with E-state index in [4.69, 9.17) is 4.43 Å². The zero-order valence-electron chi connectivity index (χ0n) is 11.0. The van der Waals surface area contributed by atoms with E-state index >= 15 is 0 Å². The van der Waals surface area contributed by atoms with Crippen molar-refractivity contribution >= 4 is 8.32 Å². The molecule has 0 aromatic heterocycles. The van der Waals surface area contributed by atoms with Gasteiger partial charge in [0.15, 0.2) is 8.32 Å². The molecule has 0 aromatic rings. The molecule has 2 heteroatoms. The molecule has 0 heterocycles. The number of hydrogen-bond donors (Lipinski definition) is 0. The van der Waals surface area contributed by atoms with Gasteiger partial charge in [0.25, 0.3) is 0 Å². The summed E-state index contributed by atoms with van der Waals surface area (Å²) in [7, 11) is -1.54. The fourth-order valence-corrected chi connectivity index (χ4v) is 3.08. The van der Waals surface area contributed by atoms with Crippen molar-refractivity contribution in [2.45, 2.75) is 70.7 Å². The maximum atomic E-state index is 6.42. The summed E-state index contributed by atoms with van der Waals surface area (Å²) in [6, 6.07) is 0. The van der Waals surface area contributed by atoms with E-state index in [0.29, 0.717) is 11.1 Å². The molecule has 15 heavy (non-hydrogen) atoms. The van der Waals surface area contributed by atoms with Crippen LogP contribution < -0.4 is 0 Å². The minimum atomic E-state index is -1.54. The van der Waals surface area contributed by atoms with E-state index in [1.54, 1.807) is 0 Å². The fraction of sp³-hybridized carbons (Fsp3) is 0.846. The fourth-order valence-electron chi connectivity index (χ4n) is 1.66. The molecule has 1 aliphatic rings. The van der Waals surface area contributed by atoms with Crippen molar-refractivity contribution in [3.8, 4) is 0 Å². The first-order valence-electron chi connectivity index (χ1n) is 6.16. The normalized spacial score (nSPS) is 20.3. The Hall–Kier alpha value is -0.0831. The first-order valence-corrected chi connectivity index (χ1v) is 9.06. The van der Waals surface area contributed by atoms with E-state index in [0.717, 1.165) is 0 Å². The Morgan fingerprint density at radius 2 is 1.53 bits per heavy atom. The van der Waals surface area contributed by atoms with Crippen molar-refractivity contribution in [2.75, 3.05) is 0 Å². The summed E-state index contributed by atoms with van der Waals surface area (Å²) in [6.45, 7) is 11.6. The second-order valence-electron chi connectivity index (χ2n) is 6.13. The SMILES string of the molecule is CC(C)(C)[Si](C)(C)OC1CCC=CCC1. The lowest BCUT2D eigenvalue weighted by Gasteiger charge is -2.39. The molecule has 88 valence electrons. The predicted octanol–water partition coefficient (Wildman–Crippen LogP) is 4.51. The van der Waals surface area contributed by atoms with Crippen LogP contribution in [0.25, 0.3) is 0 Å². The Bertz CT molecular complexity index is 215. The summed E-state index contributed by atoms with van der Waals surface area (Å²) in [6.07, 6.45) is 9.91. The van der Waals surface area contributed by atoms with E-state index in [1.165, 1.54) is 25.7 Å². The van der Waals surface area contributed by atoms with Gasteiger partial charge >= 0.3 is 0 Å². The lowest BCUT2D eigenvalue weighted by Crippen LogP contribution is -2.43. The van der Waals surface area contributed by atoms with Crippen LogP contribution in [0.2, 0.25) is 18.1 Å². The second kappa shape index (κ2) is 4.83. The van der Waals surface area contributed by atoms with Crippen LogP contribution in [0.3, 0.4) is 0 Å². The number of allylic oxidation sites excluding steroid dienone is 2. The van der Waals surface area contributed by atoms with Gasteiger partial charge in [0.2, 0.25) is 0 Å². The summed E-state index contributed by atoms with van der Waals surface area (Å²) in [5.41, 5.74) is 0. The summed E-state index contributed by atoms with van der Waals surface area (Å²) in [4.78, 5) is 0. The molecule has 0 N–H and O–H groups in total. The standard InChI is InChI=1S/C13H26OSi/c1-13(2,3)15(4,5)14-12-10-8-6-7-9-11-12/h6-7,12H,8-11H2,1-5H3. The molecule has 0 saturated carbocycles. The quantitative estimate of drug-likeness (QED) is 0.497. The molecule has 0 fully saturated rings. The average molecular weight is 226 g/mol. The summed E-state index contributed by atoms with van der Waals surface area (Å²) >= 11 is 0. The van der Waals surface area contributed by atoms with Crippen molar-refractivity contribution in [3.63, 3.8) is 0 Å². The summed E-state index contributed by atoms with van der Waals surface area (Å²) < 4.78 is 6.42. The number of rotatable bonds is 2. The Kier molecular flexibility index (Phi) is 4.18. The zero-order valence-corrected chi connectivity index (χ0v) is 12.0. The third-order valence-electron chi connectivity index (χ3n) is 3.74. The maximum Gasteiger partial charge on any atom is 0.192 e. The van der Waals surface area contributed by atoms with Gasteiger partial charge in [-0.2, -0.15) is 0 Å². The van der Waals surface area contributed by atoms with Crippen LogP contribution >= 0.6 is 0 Å². The topological polar surface area (TPSA) is 9.23 Å². The van der Waals surface area contributed by atoms with Crippen LogP contribution in [-0.2, 0) is 4.43 Å². The Morgan fingerprint density at radius 3 is 1.93 bits per heavy atom. The first kappa shape index (κ1) is 13.0. The summed E-state index contributed by atoms with van der Waals surface area (Å²) in [5, 5.41) is 0.340. The summed E-state index contributed by atoms with van der Waals surface area (Å²) in [5.74, 6) is 0. The highest BCUT2D eigenvalue weighted by Gasteiger charge is 2.38. The third-order valence-corrected chi connectivity index (χ3v) is 8.28. The Labute approximate surface area is 96.0 Å². The van der Waals surface area contributed by atoms with Crippen LogP contribution in [-0.4, -0.2) is 14.4 Å². The van der Waals surface area contributed by atoms with Gasteiger partial charge in [0, 0.05) is 6.10 Å². The predicted molar refractivity (Wildman–Crippen MR) is 69.7 cm³/mol. The van der Waals surface area contributed by atoms with E-state index in [1.807, 2.05) is 0 Å². The Morgan fingerprint density at radius 1 is 1.07 bits per heavy atom. The third kappa shape index (κ3) is 3.76. The molecule has 0 amide bonds. The molecule has 1 rings (SSSR count). The van der Waals surface area contributed by atoms with Crippen molar-refractivity contribution in [2.24, 2.45) is 0 Å². The smallest absolute Gasteiger partial charge is 0.192 e. The van der Waals surface area contributed by atoms with E-state index in [9.17, 15) is 0 Å². The lowest BCUT2D eigenvalue weighted by atomic mass is 10.1. The molecular weight excluding hydrogens is 200 g/mol. The van der Waals surface area contributed by atoms with Gasteiger partial charge in [-0.1, -0.05) is 32.9 Å². The molecular formula is C13H26OSi. The molecule has 0 bridgehead atoms. The van der Waals surface area contributed by atoms with Gasteiger partial charge in [-0.15, -0.1) is 0 Å². The van der Waals surface area contributed by atoms with Gasteiger partial charge in [0.1, 0.15) is 0 Å². The second-order valence-corrected chi connectivity index (χ2v) is 10.9. The molecule has 1 aliphatic carbocycles. The molecule has 0 aliphatic heterocycles.